The Labute approximate surface area is 183 Å². The first-order chi connectivity index (χ1) is 13.5. The van der Waals surface area contributed by atoms with Crippen molar-refractivity contribution in [3.63, 3.8) is 0 Å². The predicted octanol–water partition coefficient (Wildman–Crippen LogP) is 4.04. The number of imidazole rings is 1. The van der Waals surface area contributed by atoms with Gasteiger partial charge in [-0.25, -0.2) is 15.0 Å². The first kappa shape index (κ1) is 19.9. The van der Waals surface area contributed by atoms with Crippen molar-refractivity contribution in [2.75, 3.05) is 12.3 Å². The zero-order valence-corrected chi connectivity index (χ0v) is 19.2. The Kier molecular flexibility index (Phi) is 6.07. The van der Waals surface area contributed by atoms with Crippen LogP contribution in [-0.2, 0) is 19.4 Å². The van der Waals surface area contributed by atoms with Crippen molar-refractivity contribution in [1.82, 2.24) is 24.8 Å². The summed E-state index contributed by atoms with van der Waals surface area (Å²) in [5.41, 5.74) is 10.6. The number of fused-ring (bicyclic) bond motifs is 2. The summed E-state index contributed by atoms with van der Waals surface area (Å²) in [6.07, 6.45) is 6.16. The molecule has 0 unspecified atom stereocenters. The summed E-state index contributed by atoms with van der Waals surface area (Å²) >= 11 is 4.15. The van der Waals surface area contributed by atoms with E-state index < -0.39 is 0 Å². The molecule has 1 aromatic carbocycles. The summed E-state index contributed by atoms with van der Waals surface area (Å²) in [7, 11) is 0. The molecule has 8 heteroatoms. The van der Waals surface area contributed by atoms with E-state index in [0.717, 1.165) is 30.3 Å². The third-order valence-electron chi connectivity index (χ3n) is 4.98. The van der Waals surface area contributed by atoms with Crippen molar-refractivity contribution >= 4 is 51.3 Å². The van der Waals surface area contributed by atoms with Crippen molar-refractivity contribution in [1.29, 1.82) is 0 Å². The topological polar surface area (TPSA) is 81.7 Å². The third-order valence-corrected chi connectivity index (χ3v) is 7.29. The van der Waals surface area contributed by atoms with Crippen LogP contribution in [0.2, 0.25) is 0 Å². The average Bonchev–Trinajstić information content (AvgIpc) is 3.24. The van der Waals surface area contributed by atoms with Crippen molar-refractivity contribution in [2.45, 2.75) is 62.2 Å². The Morgan fingerprint density at radius 3 is 2.82 bits per heavy atom. The average molecular weight is 508 g/mol. The Hall–Kier alpha value is -1.39. The summed E-state index contributed by atoms with van der Waals surface area (Å²) in [6, 6.07) is 5.16. The highest BCUT2D eigenvalue weighted by Gasteiger charge is 2.19. The lowest BCUT2D eigenvalue weighted by Gasteiger charge is -2.12. The number of benzene rings is 1. The monoisotopic (exact) mass is 508 g/mol. The molecule has 0 aliphatic heterocycles. The molecule has 2 heterocycles. The number of halogens is 1. The number of nitrogens with one attached hydrogen (secondary N) is 1. The number of nitrogens with zero attached hydrogens (tertiary/aromatic N) is 4. The van der Waals surface area contributed by atoms with E-state index in [1.807, 2.05) is 0 Å². The second-order valence-corrected chi connectivity index (χ2v) is 9.62. The molecule has 0 fully saturated rings. The van der Waals surface area contributed by atoms with Gasteiger partial charge in [-0.05, 0) is 78.1 Å². The lowest BCUT2D eigenvalue weighted by Crippen LogP contribution is -2.24. The van der Waals surface area contributed by atoms with E-state index in [1.54, 1.807) is 11.8 Å². The first-order valence-corrected chi connectivity index (χ1v) is 11.6. The van der Waals surface area contributed by atoms with E-state index in [1.165, 1.54) is 45.2 Å². The summed E-state index contributed by atoms with van der Waals surface area (Å²) in [5.74, 6) is 0.439. The van der Waals surface area contributed by atoms with Crippen molar-refractivity contribution in [3.05, 3.63) is 33.2 Å². The van der Waals surface area contributed by atoms with E-state index in [0.29, 0.717) is 17.4 Å². The lowest BCUT2D eigenvalue weighted by atomic mass is 10.1. The smallest absolute Gasteiger partial charge is 0.175 e. The molecule has 2 aromatic heterocycles. The maximum atomic E-state index is 6.08. The van der Waals surface area contributed by atoms with E-state index in [9.17, 15) is 0 Å². The van der Waals surface area contributed by atoms with Crippen LogP contribution in [0.3, 0.4) is 0 Å². The summed E-state index contributed by atoms with van der Waals surface area (Å²) < 4.78 is 3.46. The highest BCUT2D eigenvalue weighted by molar-refractivity contribution is 14.1. The molecule has 3 aromatic rings. The maximum Gasteiger partial charge on any atom is 0.175 e. The normalized spacial score (nSPS) is 13.6. The van der Waals surface area contributed by atoms with Crippen LogP contribution in [0, 0.1) is 3.57 Å². The van der Waals surface area contributed by atoms with Gasteiger partial charge in [-0.3, -0.25) is 0 Å². The predicted molar refractivity (Wildman–Crippen MR) is 123 cm³/mol. The highest BCUT2D eigenvalue weighted by Crippen LogP contribution is 2.37. The van der Waals surface area contributed by atoms with Gasteiger partial charge in [0.05, 0.1) is 0 Å². The van der Waals surface area contributed by atoms with E-state index in [2.05, 4.69) is 68.4 Å². The summed E-state index contributed by atoms with van der Waals surface area (Å²) in [4.78, 5) is 14.7. The van der Waals surface area contributed by atoms with Crippen molar-refractivity contribution in [2.24, 2.45) is 0 Å². The molecule has 6 nitrogen and oxygen atoms in total. The molecular formula is C20H25IN6S. The fourth-order valence-electron chi connectivity index (χ4n) is 3.59. The van der Waals surface area contributed by atoms with Crippen LogP contribution in [0.5, 0.6) is 0 Å². The Morgan fingerprint density at radius 2 is 2.04 bits per heavy atom. The number of rotatable bonds is 7. The molecule has 1 aliphatic rings. The zero-order chi connectivity index (χ0) is 19.7. The number of aromatic nitrogens is 4. The standard InChI is InChI=1S/C20H25IN6S/c1-12(2)23-7-4-8-27-19-17(18(22)24-11-25-19)26-20(27)28-16-10-14-6-3-5-13(14)9-15(16)21/h9-12,23H,3-8H2,1-2H3,(H2,22,24,25). The molecule has 1 aliphatic carbocycles. The highest BCUT2D eigenvalue weighted by atomic mass is 127. The lowest BCUT2D eigenvalue weighted by molar-refractivity contribution is 0.525. The molecule has 28 heavy (non-hydrogen) atoms. The summed E-state index contributed by atoms with van der Waals surface area (Å²) in [5, 5.41) is 4.41. The Balaban J connectivity index is 1.66. The minimum Gasteiger partial charge on any atom is -0.382 e. The minimum absolute atomic E-state index is 0.439. The second kappa shape index (κ2) is 8.54. The molecule has 4 rings (SSSR count). The van der Waals surface area contributed by atoms with Crippen LogP contribution in [0.25, 0.3) is 11.2 Å². The van der Waals surface area contributed by atoms with Gasteiger partial charge in [0.15, 0.2) is 22.1 Å². The van der Waals surface area contributed by atoms with E-state index >= 15 is 0 Å². The van der Waals surface area contributed by atoms with Gasteiger partial charge >= 0.3 is 0 Å². The van der Waals surface area contributed by atoms with Crippen molar-refractivity contribution < 1.29 is 0 Å². The van der Waals surface area contributed by atoms with Crippen LogP contribution in [0.1, 0.15) is 37.8 Å². The molecular weight excluding hydrogens is 483 g/mol. The van der Waals surface area contributed by atoms with Crippen LogP contribution < -0.4 is 11.1 Å². The molecule has 3 N–H and O–H groups in total. The molecule has 0 bridgehead atoms. The van der Waals surface area contributed by atoms with Crippen LogP contribution in [0.15, 0.2) is 28.5 Å². The van der Waals surface area contributed by atoms with Gasteiger partial charge in [-0.15, -0.1) is 0 Å². The number of hydrogen-bond donors (Lipinski definition) is 2. The van der Waals surface area contributed by atoms with Gasteiger partial charge in [0.2, 0.25) is 0 Å². The molecule has 148 valence electrons. The first-order valence-electron chi connectivity index (χ1n) is 9.72. The van der Waals surface area contributed by atoms with Gasteiger partial charge in [-0.2, -0.15) is 0 Å². The van der Waals surface area contributed by atoms with Gasteiger partial charge < -0.3 is 15.6 Å². The van der Waals surface area contributed by atoms with Crippen LogP contribution >= 0.6 is 34.4 Å². The minimum atomic E-state index is 0.439. The molecule has 0 saturated heterocycles. The largest absolute Gasteiger partial charge is 0.382 e. The Morgan fingerprint density at radius 1 is 1.25 bits per heavy atom. The maximum absolute atomic E-state index is 6.08. The van der Waals surface area contributed by atoms with Crippen molar-refractivity contribution in [3.8, 4) is 0 Å². The molecule has 0 radical (unpaired) electrons. The SMILES string of the molecule is CC(C)NCCCn1c(Sc2cc3c(cc2I)CCC3)nc2c(N)ncnc21. The molecule has 0 saturated carbocycles. The van der Waals surface area contributed by atoms with Crippen LogP contribution in [0.4, 0.5) is 5.82 Å². The Bertz CT molecular complexity index is 1000. The summed E-state index contributed by atoms with van der Waals surface area (Å²) in [6.45, 7) is 6.13. The van der Waals surface area contributed by atoms with Gasteiger partial charge in [0.25, 0.3) is 0 Å². The van der Waals surface area contributed by atoms with E-state index in [-0.39, 0.29) is 0 Å². The van der Waals surface area contributed by atoms with Gasteiger partial charge in [-0.1, -0.05) is 25.6 Å². The molecule has 0 spiro atoms. The van der Waals surface area contributed by atoms with Gasteiger partial charge in [0, 0.05) is 21.1 Å². The molecule has 0 atom stereocenters. The quantitative estimate of drug-likeness (QED) is 0.371. The third kappa shape index (κ3) is 4.13. The zero-order valence-electron chi connectivity index (χ0n) is 16.2. The number of hydrogen-bond acceptors (Lipinski definition) is 6. The fraction of sp³-hybridized carbons (Fsp3) is 0.450. The molecule has 0 amide bonds. The number of nitrogens with two attached hydrogens (primary N) is 1. The second-order valence-electron chi connectivity index (χ2n) is 7.45. The number of anilines is 1. The van der Waals surface area contributed by atoms with Gasteiger partial charge in [0.1, 0.15) is 6.33 Å². The fourth-order valence-corrected chi connectivity index (χ4v) is 5.43. The van der Waals surface area contributed by atoms with E-state index in [4.69, 9.17) is 10.7 Å². The van der Waals surface area contributed by atoms with Crippen LogP contribution in [-0.4, -0.2) is 32.1 Å². The number of nitrogen functional groups attached to an aromatic ring is 1. The number of aryl methyl sites for hydroxylation is 3.